The van der Waals surface area contributed by atoms with Crippen molar-refractivity contribution < 1.29 is 5.11 Å². The highest BCUT2D eigenvalue weighted by Crippen LogP contribution is 2.57. The number of nitrogens with zero attached hydrogens (tertiary/aromatic N) is 1. The van der Waals surface area contributed by atoms with Gasteiger partial charge in [0.05, 0.1) is 0 Å². The maximum absolute atomic E-state index is 9.32. The number of aliphatic imine (C=N–C) groups is 1. The molecule has 4 bridgehead atoms. The number of aromatic hydroxyl groups is 1. The molecular formula is C19H25NO. The summed E-state index contributed by atoms with van der Waals surface area (Å²) in [6.07, 6.45) is 12.2. The van der Waals surface area contributed by atoms with Crippen LogP contribution in [0.25, 0.3) is 0 Å². The fourth-order valence-corrected chi connectivity index (χ4v) is 5.47. The smallest absolute Gasteiger partial charge is 0.115 e. The van der Waals surface area contributed by atoms with Gasteiger partial charge in [-0.05, 0) is 85.1 Å². The van der Waals surface area contributed by atoms with Gasteiger partial charge >= 0.3 is 0 Å². The van der Waals surface area contributed by atoms with Crippen molar-refractivity contribution in [2.24, 2.45) is 28.2 Å². The lowest BCUT2D eigenvalue weighted by Gasteiger charge is -2.47. The van der Waals surface area contributed by atoms with E-state index in [1.807, 2.05) is 18.3 Å². The van der Waals surface area contributed by atoms with E-state index in [2.05, 4.69) is 0 Å². The lowest BCUT2D eigenvalue weighted by atomic mass is 9.58. The highest BCUT2D eigenvalue weighted by molar-refractivity contribution is 5.79. The molecule has 1 aromatic carbocycles. The maximum Gasteiger partial charge on any atom is 0.115 e. The number of rotatable bonds is 3. The van der Waals surface area contributed by atoms with Crippen molar-refractivity contribution in [1.29, 1.82) is 0 Å². The Kier molecular flexibility index (Phi) is 3.28. The summed E-state index contributed by atoms with van der Waals surface area (Å²) in [6.45, 7) is 1.01. The Hall–Kier alpha value is -1.31. The van der Waals surface area contributed by atoms with Crippen LogP contribution in [0.2, 0.25) is 0 Å². The Labute approximate surface area is 127 Å². The summed E-state index contributed by atoms with van der Waals surface area (Å²) < 4.78 is 0. The highest BCUT2D eigenvalue weighted by atomic mass is 16.3. The molecule has 2 atom stereocenters. The minimum atomic E-state index is 0.324. The van der Waals surface area contributed by atoms with Crippen LogP contribution in [0.15, 0.2) is 29.3 Å². The standard InChI is InChI=1S/C19H25NO/c21-18-5-3-14(4-6-18)12-20-13-19-9-15-1-2-16(10-19)8-17(7-15)11-19/h3-6,12,15-17,21H,1-2,7-11,13H2. The molecule has 0 saturated heterocycles. The second kappa shape index (κ2) is 5.15. The maximum atomic E-state index is 9.32. The van der Waals surface area contributed by atoms with Crippen molar-refractivity contribution in [3.05, 3.63) is 29.8 Å². The van der Waals surface area contributed by atoms with E-state index < -0.39 is 0 Å². The number of phenolic OH excluding ortho intramolecular Hbond substituents is 1. The lowest BCUT2D eigenvalue weighted by molar-refractivity contribution is 0.0428. The average Bonchev–Trinajstić information content (AvgIpc) is 2.67. The van der Waals surface area contributed by atoms with Gasteiger partial charge < -0.3 is 5.11 Å². The fourth-order valence-electron chi connectivity index (χ4n) is 5.47. The van der Waals surface area contributed by atoms with E-state index >= 15 is 0 Å². The molecular weight excluding hydrogens is 258 g/mol. The molecule has 4 aliphatic rings. The largest absolute Gasteiger partial charge is 0.508 e. The quantitative estimate of drug-likeness (QED) is 0.818. The molecule has 4 saturated carbocycles. The van der Waals surface area contributed by atoms with Gasteiger partial charge in [-0.1, -0.05) is 12.8 Å². The molecule has 4 aliphatic carbocycles. The zero-order chi connectivity index (χ0) is 14.3. The number of phenols is 1. The van der Waals surface area contributed by atoms with Crippen LogP contribution in [0, 0.1) is 23.2 Å². The number of hydrogen-bond donors (Lipinski definition) is 1. The molecule has 0 spiro atoms. The second-order valence-electron chi connectivity index (χ2n) is 7.82. The van der Waals surface area contributed by atoms with Crippen molar-refractivity contribution in [1.82, 2.24) is 0 Å². The van der Waals surface area contributed by atoms with Gasteiger partial charge in [0.15, 0.2) is 0 Å². The molecule has 1 N–H and O–H groups in total. The fraction of sp³-hybridized carbons (Fsp3) is 0.632. The zero-order valence-corrected chi connectivity index (χ0v) is 12.7. The first-order valence-corrected chi connectivity index (χ1v) is 8.50. The van der Waals surface area contributed by atoms with E-state index in [1.54, 1.807) is 12.1 Å². The molecule has 0 amide bonds. The van der Waals surface area contributed by atoms with E-state index in [9.17, 15) is 5.11 Å². The van der Waals surface area contributed by atoms with Crippen molar-refractivity contribution in [2.75, 3.05) is 6.54 Å². The summed E-state index contributed by atoms with van der Waals surface area (Å²) in [5.41, 5.74) is 1.61. The zero-order valence-electron chi connectivity index (χ0n) is 12.7. The van der Waals surface area contributed by atoms with Crippen LogP contribution in [0.4, 0.5) is 0 Å². The summed E-state index contributed by atoms with van der Waals surface area (Å²) in [7, 11) is 0. The number of benzene rings is 1. The van der Waals surface area contributed by atoms with E-state index in [0.29, 0.717) is 11.2 Å². The molecule has 2 nitrogen and oxygen atoms in total. The Morgan fingerprint density at radius 1 is 1.00 bits per heavy atom. The Morgan fingerprint density at radius 2 is 1.62 bits per heavy atom. The summed E-state index contributed by atoms with van der Waals surface area (Å²) in [6, 6.07) is 7.34. The molecule has 0 aromatic heterocycles. The van der Waals surface area contributed by atoms with Crippen molar-refractivity contribution in [3.8, 4) is 5.75 Å². The number of hydrogen-bond acceptors (Lipinski definition) is 2. The second-order valence-corrected chi connectivity index (χ2v) is 7.82. The molecule has 0 radical (unpaired) electrons. The van der Waals surface area contributed by atoms with Gasteiger partial charge in [-0.15, -0.1) is 0 Å². The van der Waals surface area contributed by atoms with Crippen molar-refractivity contribution in [2.45, 2.75) is 44.9 Å². The van der Waals surface area contributed by atoms with E-state index in [4.69, 9.17) is 4.99 Å². The van der Waals surface area contributed by atoms with Gasteiger partial charge in [0.1, 0.15) is 5.75 Å². The molecule has 0 heterocycles. The van der Waals surface area contributed by atoms with E-state index in [-0.39, 0.29) is 0 Å². The van der Waals surface area contributed by atoms with E-state index in [0.717, 1.165) is 29.9 Å². The predicted molar refractivity (Wildman–Crippen MR) is 85.8 cm³/mol. The van der Waals surface area contributed by atoms with Crippen molar-refractivity contribution >= 4 is 6.21 Å². The number of fused-ring (bicyclic) bond motifs is 1. The third-order valence-corrected chi connectivity index (χ3v) is 6.04. The van der Waals surface area contributed by atoms with Gasteiger partial charge in [0.25, 0.3) is 0 Å². The van der Waals surface area contributed by atoms with Crippen LogP contribution in [0.3, 0.4) is 0 Å². The summed E-state index contributed by atoms with van der Waals surface area (Å²) in [4.78, 5) is 4.80. The van der Waals surface area contributed by atoms with Gasteiger partial charge in [-0.3, -0.25) is 4.99 Å². The third kappa shape index (κ3) is 2.73. The lowest BCUT2D eigenvalue weighted by Crippen LogP contribution is -2.39. The molecule has 2 unspecified atom stereocenters. The first kappa shape index (κ1) is 13.4. The Bertz CT molecular complexity index is 517. The SMILES string of the molecule is Oc1ccc(C=NCC23CC4CCC(CC(C4)C2)C3)cc1. The minimum Gasteiger partial charge on any atom is -0.508 e. The van der Waals surface area contributed by atoms with Gasteiger partial charge in [0, 0.05) is 12.8 Å². The van der Waals surface area contributed by atoms with Crippen molar-refractivity contribution in [3.63, 3.8) is 0 Å². The van der Waals surface area contributed by atoms with Crippen LogP contribution in [0.5, 0.6) is 5.75 Å². The van der Waals surface area contributed by atoms with Crippen LogP contribution in [0.1, 0.15) is 50.5 Å². The van der Waals surface area contributed by atoms with Gasteiger partial charge in [-0.25, -0.2) is 0 Å². The topological polar surface area (TPSA) is 32.6 Å². The Balaban J connectivity index is 1.47. The predicted octanol–water partition coefficient (Wildman–Crippen LogP) is 4.42. The van der Waals surface area contributed by atoms with Crippen LogP contribution >= 0.6 is 0 Å². The first-order chi connectivity index (χ1) is 10.2. The van der Waals surface area contributed by atoms with Gasteiger partial charge in [0.2, 0.25) is 0 Å². The van der Waals surface area contributed by atoms with Gasteiger partial charge in [-0.2, -0.15) is 0 Å². The van der Waals surface area contributed by atoms with Crippen LogP contribution < -0.4 is 0 Å². The molecule has 5 rings (SSSR count). The summed E-state index contributed by atoms with van der Waals surface area (Å²) >= 11 is 0. The molecule has 21 heavy (non-hydrogen) atoms. The molecule has 4 fully saturated rings. The first-order valence-electron chi connectivity index (χ1n) is 8.50. The highest BCUT2D eigenvalue weighted by Gasteiger charge is 2.48. The molecule has 1 aromatic rings. The van der Waals surface area contributed by atoms with Crippen LogP contribution in [-0.2, 0) is 0 Å². The average molecular weight is 283 g/mol. The third-order valence-electron chi connectivity index (χ3n) is 6.04. The normalized spacial score (nSPS) is 38.0. The molecule has 0 aliphatic heterocycles. The molecule has 2 heteroatoms. The minimum absolute atomic E-state index is 0.324. The van der Waals surface area contributed by atoms with Crippen LogP contribution in [-0.4, -0.2) is 17.9 Å². The summed E-state index contributed by atoms with van der Waals surface area (Å²) in [5.74, 6) is 3.29. The Morgan fingerprint density at radius 3 is 2.29 bits per heavy atom. The monoisotopic (exact) mass is 283 g/mol. The molecule has 112 valence electrons. The van der Waals surface area contributed by atoms with E-state index in [1.165, 1.54) is 44.9 Å². The summed E-state index contributed by atoms with van der Waals surface area (Å²) in [5, 5.41) is 9.32.